The summed E-state index contributed by atoms with van der Waals surface area (Å²) < 4.78 is 25.7. The van der Waals surface area contributed by atoms with Gasteiger partial charge in [0.15, 0.2) is 0 Å². The molecule has 4 aliphatic rings. The van der Waals surface area contributed by atoms with E-state index in [-0.39, 0.29) is 36.6 Å². The highest BCUT2D eigenvalue weighted by molar-refractivity contribution is 6.53. The molecule has 2 saturated carbocycles. The number of allylic oxidation sites excluding steroid dienone is 2. The van der Waals surface area contributed by atoms with Gasteiger partial charge in [0.2, 0.25) is 0 Å². The highest BCUT2D eigenvalue weighted by Crippen LogP contribution is 2.45. The van der Waals surface area contributed by atoms with E-state index in [1.54, 1.807) is 0 Å². The van der Waals surface area contributed by atoms with Gasteiger partial charge in [-0.2, -0.15) is 0 Å². The first-order valence-corrected chi connectivity index (χ1v) is 13.0. The molecule has 0 spiro atoms. The van der Waals surface area contributed by atoms with E-state index in [4.69, 9.17) is 18.6 Å². The van der Waals surface area contributed by atoms with Crippen LogP contribution in [0.2, 0.25) is 0 Å². The Labute approximate surface area is 197 Å². The molecular formula is C26H44B2O4. The topological polar surface area (TPSA) is 36.9 Å². The molecule has 0 bridgehead atoms. The van der Waals surface area contributed by atoms with E-state index in [2.05, 4.69) is 67.3 Å². The molecule has 0 N–H and O–H groups in total. The molecule has 2 aliphatic heterocycles. The van der Waals surface area contributed by atoms with Crippen molar-refractivity contribution in [3.8, 4) is 0 Å². The van der Waals surface area contributed by atoms with Crippen LogP contribution in [-0.4, -0.2) is 36.6 Å². The monoisotopic (exact) mass is 442 g/mol. The van der Waals surface area contributed by atoms with Gasteiger partial charge in [0.25, 0.3) is 0 Å². The van der Waals surface area contributed by atoms with Gasteiger partial charge in [0.05, 0.1) is 22.4 Å². The third kappa shape index (κ3) is 4.67. The van der Waals surface area contributed by atoms with Gasteiger partial charge in [0.1, 0.15) is 0 Å². The van der Waals surface area contributed by atoms with Crippen LogP contribution < -0.4 is 0 Å². The zero-order valence-electron chi connectivity index (χ0n) is 21.8. The first-order valence-electron chi connectivity index (χ1n) is 13.0. The summed E-state index contributed by atoms with van der Waals surface area (Å²) in [5, 5.41) is 0. The molecule has 6 heteroatoms. The molecule has 0 amide bonds. The number of rotatable bonds is 5. The maximum absolute atomic E-state index is 6.41. The molecule has 2 saturated heterocycles. The van der Waals surface area contributed by atoms with E-state index in [0.29, 0.717) is 11.8 Å². The van der Waals surface area contributed by atoms with Gasteiger partial charge in [-0.15, -0.1) is 0 Å². The van der Waals surface area contributed by atoms with Crippen molar-refractivity contribution in [2.75, 3.05) is 0 Å². The lowest BCUT2D eigenvalue weighted by Crippen LogP contribution is -2.41. The van der Waals surface area contributed by atoms with Crippen LogP contribution in [0.1, 0.15) is 107 Å². The minimum atomic E-state index is -0.322. The standard InChI is InChI=1S/C26H44B2O4/c1-23(2)24(3,4)30-27(29-23)17-21(19-13-9-10-14-19)22(20-15-11-12-16-20)18-28-31-25(5,6)26(7,8)32-28/h17-20H,9-16H2,1-8H3/b21-17+,22-18+. The zero-order chi connectivity index (χ0) is 23.4. The Morgan fingerprint density at radius 3 is 1.03 bits per heavy atom. The molecule has 0 radical (unpaired) electrons. The van der Waals surface area contributed by atoms with Crippen molar-refractivity contribution in [3.63, 3.8) is 0 Å². The summed E-state index contributed by atoms with van der Waals surface area (Å²) in [6.07, 6.45) is 10.2. The van der Waals surface area contributed by atoms with Crippen LogP contribution >= 0.6 is 0 Å². The van der Waals surface area contributed by atoms with Crippen LogP contribution in [0.4, 0.5) is 0 Å². The average Bonchev–Trinajstić information content (AvgIpc) is 3.41. The van der Waals surface area contributed by atoms with E-state index < -0.39 is 0 Å². The Bertz CT molecular complexity index is 660. The van der Waals surface area contributed by atoms with E-state index in [1.807, 2.05) is 0 Å². The largest absolute Gasteiger partial charge is 0.487 e. The lowest BCUT2D eigenvalue weighted by atomic mass is 9.72. The highest BCUT2D eigenvalue weighted by Gasteiger charge is 2.52. The van der Waals surface area contributed by atoms with Crippen LogP contribution in [0.3, 0.4) is 0 Å². The molecule has 0 atom stereocenters. The molecule has 4 nitrogen and oxygen atoms in total. The summed E-state index contributed by atoms with van der Waals surface area (Å²) in [6, 6.07) is 0. The molecular weight excluding hydrogens is 398 g/mol. The summed E-state index contributed by atoms with van der Waals surface area (Å²) in [5.41, 5.74) is 1.58. The summed E-state index contributed by atoms with van der Waals surface area (Å²) in [5.74, 6) is 5.76. The van der Waals surface area contributed by atoms with Crippen LogP contribution in [0.15, 0.2) is 23.1 Å². The SMILES string of the molecule is CC1(C)OB(/C=C(/C(=C/B2OC(C)(C)C(C)(C)O2)C2CCCC2)C2CCCC2)OC1(C)C. The van der Waals surface area contributed by atoms with Gasteiger partial charge < -0.3 is 18.6 Å². The van der Waals surface area contributed by atoms with Crippen molar-refractivity contribution in [1.29, 1.82) is 0 Å². The van der Waals surface area contributed by atoms with Crippen molar-refractivity contribution in [2.45, 2.75) is 129 Å². The van der Waals surface area contributed by atoms with Gasteiger partial charge in [-0.05, 0) is 104 Å². The minimum absolute atomic E-state index is 0.307. The van der Waals surface area contributed by atoms with Crippen molar-refractivity contribution in [3.05, 3.63) is 23.1 Å². The molecule has 178 valence electrons. The van der Waals surface area contributed by atoms with Gasteiger partial charge in [-0.25, -0.2) is 0 Å². The van der Waals surface area contributed by atoms with E-state index in [1.165, 1.54) is 62.5 Å². The molecule has 0 aromatic heterocycles. The fraction of sp³-hybridized carbons (Fsp3) is 0.846. The van der Waals surface area contributed by atoms with Crippen molar-refractivity contribution in [2.24, 2.45) is 11.8 Å². The van der Waals surface area contributed by atoms with Gasteiger partial charge >= 0.3 is 14.2 Å². The Morgan fingerprint density at radius 2 is 0.781 bits per heavy atom. The van der Waals surface area contributed by atoms with Crippen molar-refractivity contribution >= 4 is 14.2 Å². The van der Waals surface area contributed by atoms with E-state index >= 15 is 0 Å². The second-order valence-corrected chi connectivity index (χ2v) is 12.5. The number of hydrogen-bond donors (Lipinski definition) is 0. The second kappa shape index (κ2) is 8.59. The molecule has 0 aromatic carbocycles. The third-order valence-electron chi connectivity index (χ3n) is 9.10. The second-order valence-electron chi connectivity index (χ2n) is 12.5. The highest BCUT2D eigenvalue weighted by atomic mass is 16.7. The van der Waals surface area contributed by atoms with Crippen molar-refractivity contribution < 1.29 is 18.6 Å². The Morgan fingerprint density at radius 1 is 0.531 bits per heavy atom. The molecule has 0 unspecified atom stereocenters. The fourth-order valence-corrected chi connectivity index (χ4v) is 5.62. The van der Waals surface area contributed by atoms with Gasteiger partial charge in [-0.3, -0.25) is 0 Å². The summed E-state index contributed by atoms with van der Waals surface area (Å²) in [4.78, 5) is 0. The predicted octanol–water partition coefficient (Wildman–Crippen LogP) is 6.48. The van der Waals surface area contributed by atoms with Crippen LogP contribution in [0.5, 0.6) is 0 Å². The minimum Gasteiger partial charge on any atom is -0.400 e. The first-order chi connectivity index (χ1) is 14.8. The van der Waals surface area contributed by atoms with E-state index in [0.717, 1.165) is 0 Å². The fourth-order valence-electron chi connectivity index (χ4n) is 5.62. The lowest BCUT2D eigenvalue weighted by molar-refractivity contribution is 0.00578. The summed E-state index contributed by atoms with van der Waals surface area (Å²) in [7, 11) is -0.614. The van der Waals surface area contributed by atoms with Gasteiger partial charge in [-0.1, -0.05) is 37.6 Å². The number of hydrogen-bond acceptors (Lipinski definition) is 4. The van der Waals surface area contributed by atoms with Crippen LogP contribution in [0, 0.1) is 11.8 Å². The quantitative estimate of drug-likeness (QED) is 0.361. The molecule has 2 aliphatic carbocycles. The van der Waals surface area contributed by atoms with Crippen LogP contribution in [-0.2, 0) is 18.6 Å². The van der Waals surface area contributed by atoms with Crippen molar-refractivity contribution in [1.82, 2.24) is 0 Å². The van der Waals surface area contributed by atoms with Crippen LogP contribution in [0.25, 0.3) is 0 Å². The van der Waals surface area contributed by atoms with Gasteiger partial charge in [0, 0.05) is 0 Å². The first kappa shape index (κ1) is 24.6. The van der Waals surface area contributed by atoms with E-state index in [9.17, 15) is 0 Å². The molecule has 32 heavy (non-hydrogen) atoms. The maximum Gasteiger partial charge on any atom is 0.487 e. The zero-order valence-corrected chi connectivity index (χ0v) is 21.8. The molecule has 2 heterocycles. The molecule has 4 rings (SSSR count). The normalized spacial score (nSPS) is 30.6. The Kier molecular flexibility index (Phi) is 6.60. The third-order valence-corrected chi connectivity index (χ3v) is 9.10. The molecule has 4 fully saturated rings. The Hall–Kier alpha value is -0.550. The Balaban J connectivity index is 1.70. The predicted molar refractivity (Wildman–Crippen MR) is 132 cm³/mol. The summed E-state index contributed by atoms with van der Waals surface area (Å²) >= 11 is 0. The molecule has 0 aromatic rings. The smallest absolute Gasteiger partial charge is 0.400 e. The lowest BCUT2D eigenvalue weighted by Gasteiger charge is -2.32. The summed E-state index contributed by atoms with van der Waals surface area (Å²) in [6.45, 7) is 17.1. The average molecular weight is 442 g/mol. The maximum atomic E-state index is 6.41.